The van der Waals surface area contributed by atoms with Crippen LogP contribution in [-0.4, -0.2) is 4.98 Å². The van der Waals surface area contributed by atoms with E-state index in [1.807, 2.05) is 29.6 Å². The number of hydrogen-bond donors (Lipinski definition) is 1. The first-order valence-corrected chi connectivity index (χ1v) is 8.05. The third-order valence-corrected chi connectivity index (χ3v) is 4.63. The lowest BCUT2D eigenvalue weighted by Crippen LogP contribution is -1.95. The number of hydrogen-bond acceptors (Lipinski definition) is 3. The van der Waals surface area contributed by atoms with Crippen molar-refractivity contribution in [3.8, 4) is 21.8 Å². The lowest BCUT2D eigenvalue weighted by molar-refractivity contribution is 0.621. The van der Waals surface area contributed by atoms with Crippen molar-refractivity contribution in [2.24, 2.45) is 5.73 Å². The molecular formula is C16H12BrFN2S. The first kappa shape index (κ1) is 14.4. The average Bonchev–Trinajstić information content (AvgIpc) is 3.00. The Morgan fingerprint density at radius 3 is 2.76 bits per heavy atom. The van der Waals surface area contributed by atoms with Gasteiger partial charge in [0.25, 0.3) is 0 Å². The van der Waals surface area contributed by atoms with Crippen molar-refractivity contribution >= 4 is 27.3 Å². The van der Waals surface area contributed by atoms with E-state index in [1.165, 1.54) is 17.4 Å². The second kappa shape index (κ2) is 6.05. The van der Waals surface area contributed by atoms with Crippen molar-refractivity contribution in [2.75, 3.05) is 0 Å². The molecule has 106 valence electrons. The van der Waals surface area contributed by atoms with Crippen LogP contribution < -0.4 is 5.73 Å². The van der Waals surface area contributed by atoms with Crippen LogP contribution in [0.5, 0.6) is 0 Å². The fourth-order valence-electron chi connectivity index (χ4n) is 2.03. The standard InChI is InChI=1S/C16H12BrFN2S/c17-13-7-12(4-5-14(13)18)16-20-15(9-21-16)11-3-1-2-10(6-11)8-19/h1-7,9H,8,19H2. The Bertz CT molecular complexity index is 785. The molecule has 0 aliphatic rings. The Hall–Kier alpha value is -1.56. The van der Waals surface area contributed by atoms with Gasteiger partial charge < -0.3 is 5.73 Å². The van der Waals surface area contributed by atoms with E-state index < -0.39 is 0 Å². The van der Waals surface area contributed by atoms with Gasteiger partial charge in [-0.3, -0.25) is 0 Å². The van der Waals surface area contributed by atoms with E-state index in [0.29, 0.717) is 11.0 Å². The van der Waals surface area contributed by atoms with Crippen molar-refractivity contribution < 1.29 is 4.39 Å². The van der Waals surface area contributed by atoms with Crippen LogP contribution in [0.1, 0.15) is 5.56 Å². The number of nitrogens with two attached hydrogens (primary N) is 1. The molecule has 3 rings (SSSR count). The van der Waals surface area contributed by atoms with Crippen LogP contribution in [-0.2, 0) is 6.54 Å². The van der Waals surface area contributed by atoms with Crippen molar-refractivity contribution in [3.63, 3.8) is 0 Å². The zero-order chi connectivity index (χ0) is 14.8. The topological polar surface area (TPSA) is 38.9 Å². The molecule has 2 nitrogen and oxygen atoms in total. The molecule has 1 aromatic heterocycles. The van der Waals surface area contributed by atoms with Crippen molar-refractivity contribution in [1.29, 1.82) is 0 Å². The van der Waals surface area contributed by atoms with Gasteiger partial charge in [-0.1, -0.05) is 18.2 Å². The molecule has 0 fully saturated rings. The van der Waals surface area contributed by atoms with Crippen LogP contribution in [0.25, 0.3) is 21.8 Å². The van der Waals surface area contributed by atoms with Gasteiger partial charge in [-0.2, -0.15) is 0 Å². The van der Waals surface area contributed by atoms with Crippen LogP contribution in [0, 0.1) is 5.82 Å². The van der Waals surface area contributed by atoms with Crippen LogP contribution in [0.3, 0.4) is 0 Å². The van der Waals surface area contributed by atoms with Crippen LogP contribution in [0.15, 0.2) is 52.3 Å². The molecule has 2 aromatic carbocycles. The van der Waals surface area contributed by atoms with Crippen molar-refractivity contribution in [2.45, 2.75) is 6.54 Å². The summed E-state index contributed by atoms with van der Waals surface area (Å²) in [5, 5.41) is 2.87. The maximum Gasteiger partial charge on any atom is 0.137 e. The van der Waals surface area contributed by atoms with Gasteiger partial charge in [0.1, 0.15) is 10.8 Å². The van der Waals surface area contributed by atoms with Crippen LogP contribution >= 0.6 is 27.3 Å². The van der Waals surface area contributed by atoms with E-state index in [4.69, 9.17) is 5.73 Å². The smallest absolute Gasteiger partial charge is 0.137 e. The Labute approximate surface area is 134 Å². The number of aromatic nitrogens is 1. The van der Waals surface area contributed by atoms with Gasteiger partial charge >= 0.3 is 0 Å². The Morgan fingerprint density at radius 1 is 1.14 bits per heavy atom. The van der Waals surface area contributed by atoms with Crippen LogP contribution in [0.4, 0.5) is 4.39 Å². The Balaban J connectivity index is 1.97. The lowest BCUT2D eigenvalue weighted by atomic mass is 10.1. The third-order valence-electron chi connectivity index (χ3n) is 3.13. The molecule has 3 aromatic rings. The second-order valence-electron chi connectivity index (χ2n) is 4.57. The van der Waals surface area contributed by atoms with E-state index in [-0.39, 0.29) is 5.82 Å². The normalized spacial score (nSPS) is 10.8. The zero-order valence-electron chi connectivity index (χ0n) is 11.0. The molecule has 0 amide bonds. The largest absolute Gasteiger partial charge is 0.326 e. The number of halogens is 2. The molecule has 0 bridgehead atoms. The molecule has 0 aliphatic heterocycles. The van der Waals surface area contributed by atoms with E-state index in [1.54, 1.807) is 12.1 Å². The monoisotopic (exact) mass is 362 g/mol. The van der Waals surface area contributed by atoms with E-state index >= 15 is 0 Å². The maximum absolute atomic E-state index is 13.3. The zero-order valence-corrected chi connectivity index (χ0v) is 13.4. The molecule has 0 unspecified atom stereocenters. The minimum absolute atomic E-state index is 0.272. The predicted molar refractivity (Wildman–Crippen MR) is 88.5 cm³/mol. The minimum Gasteiger partial charge on any atom is -0.326 e. The van der Waals surface area contributed by atoms with Gasteiger partial charge in [0.15, 0.2) is 0 Å². The molecule has 1 heterocycles. The molecule has 5 heteroatoms. The van der Waals surface area contributed by atoms with Crippen LogP contribution in [0.2, 0.25) is 0 Å². The number of nitrogens with zero attached hydrogens (tertiary/aromatic N) is 1. The summed E-state index contributed by atoms with van der Waals surface area (Å²) in [5.74, 6) is -0.272. The molecule has 21 heavy (non-hydrogen) atoms. The highest BCUT2D eigenvalue weighted by Crippen LogP contribution is 2.31. The summed E-state index contributed by atoms with van der Waals surface area (Å²) < 4.78 is 13.7. The number of thiazole rings is 1. The summed E-state index contributed by atoms with van der Waals surface area (Å²) in [4.78, 5) is 4.63. The second-order valence-corrected chi connectivity index (χ2v) is 6.28. The summed E-state index contributed by atoms with van der Waals surface area (Å²) in [7, 11) is 0. The molecule has 0 saturated heterocycles. The van der Waals surface area contributed by atoms with Gasteiger partial charge in [-0.15, -0.1) is 11.3 Å². The predicted octanol–water partition coefficient (Wildman–Crippen LogP) is 4.84. The number of rotatable bonds is 3. The van der Waals surface area contributed by atoms with Gasteiger partial charge in [-0.05, 0) is 45.8 Å². The van der Waals surface area contributed by atoms with Gasteiger partial charge in [0, 0.05) is 23.1 Å². The summed E-state index contributed by atoms with van der Waals surface area (Å²) in [5.41, 5.74) is 9.59. The summed E-state index contributed by atoms with van der Waals surface area (Å²) in [6.07, 6.45) is 0. The third kappa shape index (κ3) is 3.05. The molecule has 0 spiro atoms. The average molecular weight is 363 g/mol. The SMILES string of the molecule is NCc1cccc(-c2csc(-c3ccc(F)c(Br)c3)n2)c1. The first-order chi connectivity index (χ1) is 10.2. The Kier molecular flexibility index (Phi) is 4.14. The van der Waals surface area contributed by atoms with Gasteiger partial charge in [0.2, 0.25) is 0 Å². The summed E-state index contributed by atoms with van der Waals surface area (Å²) in [6, 6.07) is 12.9. The molecule has 2 N–H and O–H groups in total. The first-order valence-electron chi connectivity index (χ1n) is 6.37. The quantitative estimate of drug-likeness (QED) is 0.723. The van der Waals surface area contributed by atoms with E-state index in [2.05, 4.69) is 20.9 Å². The van der Waals surface area contributed by atoms with Crippen molar-refractivity contribution in [1.82, 2.24) is 4.98 Å². The fourth-order valence-corrected chi connectivity index (χ4v) is 3.23. The summed E-state index contributed by atoms with van der Waals surface area (Å²) >= 11 is 4.74. The highest BCUT2D eigenvalue weighted by molar-refractivity contribution is 9.10. The molecular weight excluding hydrogens is 351 g/mol. The van der Waals surface area contributed by atoms with E-state index in [0.717, 1.165) is 27.4 Å². The Morgan fingerprint density at radius 2 is 2.00 bits per heavy atom. The molecule has 0 aliphatic carbocycles. The highest BCUT2D eigenvalue weighted by atomic mass is 79.9. The van der Waals surface area contributed by atoms with Gasteiger partial charge in [0.05, 0.1) is 10.2 Å². The van der Waals surface area contributed by atoms with Gasteiger partial charge in [-0.25, -0.2) is 9.37 Å². The molecule has 0 saturated carbocycles. The summed E-state index contributed by atoms with van der Waals surface area (Å²) in [6.45, 7) is 0.510. The minimum atomic E-state index is -0.272. The number of benzene rings is 2. The fraction of sp³-hybridized carbons (Fsp3) is 0.0625. The molecule has 0 radical (unpaired) electrons. The van der Waals surface area contributed by atoms with E-state index in [9.17, 15) is 4.39 Å². The van der Waals surface area contributed by atoms with Crippen molar-refractivity contribution in [3.05, 3.63) is 63.7 Å². The maximum atomic E-state index is 13.3. The molecule has 0 atom stereocenters. The highest BCUT2D eigenvalue weighted by Gasteiger charge is 2.09. The lowest BCUT2D eigenvalue weighted by Gasteiger charge is -2.01.